The Kier molecular flexibility index (Phi) is 4.83. The van der Waals surface area contributed by atoms with Crippen LogP contribution in [0.1, 0.15) is 13.8 Å². The Hall–Kier alpha value is -1.91. The lowest BCUT2D eigenvalue weighted by atomic mass is 10.2. The number of carbonyl (C=O) groups excluding carboxylic acids is 1. The summed E-state index contributed by atoms with van der Waals surface area (Å²) in [4.78, 5) is 13.3. The molecule has 1 amide bonds. The second-order valence-electron chi connectivity index (χ2n) is 4.32. The Morgan fingerprint density at radius 1 is 1.44 bits per heavy atom. The molecule has 0 heterocycles. The topological polar surface area (TPSA) is 67.6 Å². The summed E-state index contributed by atoms with van der Waals surface area (Å²) in [6.07, 6.45) is 0. The Morgan fingerprint density at radius 2 is 2.11 bits per heavy atom. The van der Waals surface area contributed by atoms with Gasteiger partial charge in [0.15, 0.2) is 0 Å². The van der Waals surface area contributed by atoms with Crippen LogP contribution in [0.2, 0.25) is 0 Å². The summed E-state index contributed by atoms with van der Waals surface area (Å²) in [5, 5.41) is 3.11. The van der Waals surface area contributed by atoms with Crippen molar-refractivity contribution >= 4 is 17.3 Å². The first kappa shape index (κ1) is 14.2. The maximum atomic E-state index is 11.7. The summed E-state index contributed by atoms with van der Waals surface area (Å²) in [6, 6.07) is 5.06. The fourth-order valence-corrected chi connectivity index (χ4v) is 1.65. The Bertz CT molecular complexity index is 419. The number of nitrogen functional groups attached to an aromatic ring is 1. The van der Waals surface area contributed by atoms with E-state index in [4.69, 9.17) is 10.5 Å². The fraction of sp³-hybridized carbons (Fsp3) is 0.462. The van der Waals surface area contributed by atoms with Crippen LogP contribution >= 0.6 is 0 Å². The first-order valence-corrected chi connectivity index (χ1v) is 5.95. The third-order valence-electron chi connectivity index (χ3n) is 2.43. The summed E-state index contributed by atoms with van der Waals surface area (Å²) >= 11 is 0. The number of nitrogens with one attached hydrogen (secondary N) is 1. The van der Waals surface area contributed by atoms with Gasteiger partial charge in [0, 0.05) is 37.6 Å². The van der Waals surface area contributed by atoms with Crippen molar-refractivity contribution in [2.75, 3.05) is 31.8 Å². The molecule has 1 aromatic carbocycles. The lowest BCUT2D eigenvalue weighted by molar-refractivity contribution is -0.129. The highest BCUT2D eigenvalue weighted by Crippen LogP contribution is 2.23. The normalized spacial score (nSPS) is 11.8. The van der Waals surface area contributed by atoms with Gasteiger partial charge in [0.2, 0.25) is 5.91 Å². The molecule has 18 heavy (non-hydrogen) atoms. The molecule has 1 atom stereocenters. The molecule has 0 aliphatic carbocycles. The summed E-state index contributed by atoms with van der Waals surface area (Å²) in [6.45, 7) is 4.30. The summed E-state index contributed by atoms with van der Waals surface area (Å²) in [7, 11) is 3.46. The SMILES string of the molecule is CCOc1cc(N)cc(NC(C)C(=O)N(C)C)c1. The van der Waals surface area contributed by atoms with E-state index in [0.29, 0.717) is 18.0 Å². The molecule has 0 bridgehead atoms. The number of benzene rings is 1. The van der Waals surface area contributed by atoms with Crippen LogP contribution in [0.5, 0.6) is 5.75 Å². The van der Waals surface area contributed by atoms with Gasteiger partial charge in [-0.25, -0.2) is 0 Å². The molecule has 0 aromatic heterocycles. The van der Waals surface area contributed by atoms with Crippen molar-refractivity contribution in [2.45, 2.75) is 19.9 Å². The summed E-state index contributed by atoms with van der Waals surface area (Å²) < 4.78 is 5.40. The van der Waals surface area contributed by atoms with E-state index in [9.17, 15) is 4.79 Å². The van der Waals surface area contributed by atoms with Gasteiger partial charge in [-0.05, 0) is 19.9 Å². The van der Waals surface area contributed by atoms with Gasteiger partial charge in [-0.2, -0.15) is 0 Å². The van der Waals surface area contributed by atoms with Crippen molar-refractivity contribution in [2.24, 2.45) is 0 Å². The molecule has 0 aliphatic heterocycles. The number of hydrogen-bond donors (Lipinski definition) is 2. The molecule has 3 N–H and O–H groups in total. The van der Waals surface area contributed by atoms with E-state index in [1.54, 1.807) is 31.1 Å². The molecular weight excluding hydrogens is 230 g/mol. The number of nitrogens with two attached hydrogens (primary N) is 1. The van der Waals surface area contributed by atoms with Crippen molar-refractivity contribution in [1.29, 1.82) is 0 Å². The minimum atomic E-state index is -0.309. The van der Waals surface area contributed by atoms with Gasteiger partial charge in [-0.3, -0.25) is 4.79 Å². The van der Waals surface area contributed by atoms with Crippen molar-refractivity contribution in [3.05, 3.63) is 18.2 Å². The molecule has 0 radical (unpaired) electrons. The molecule has 0 saturated carbocycles. The van der Waals surface area contributed by atoms with Crippen LogP contribution < -0.4 is 15.8 Å². The summed E-state index contributed by atoms with van der Waals surface area (Å²) in [5.74, 6) is 0.708. The highest BCUT2D eigenvalue weighted by Gasteiger charge is 2.14. The van der Waals surface area contributed by atoms with E-state index in [2.05, 4.69) is 5.32 Å². The third kappa shape index (κ3) is 3.84. The van der Waals surface area contributed by atoms with Gasteiger partial charge in [0.05, 0.1) is 6.61 Å². The van der Waals surface area contributed by atoms with Crippen molar-refractivity contribution < 1.29 is 9.53 Å². The van der Waals surface area contributed by atoms with E-state index in [1.165, 1.54) is 0 Å². The van der Waals surface area contributed by atoms with Crippen LogP contribution in [0.4, 0.5) is 11.4 Å². The van der Waals surface area contributed by atoms with E-state index in [-0.39, 0.29) is 11.9 Å². The lowest BCUT2D eigenvalue weighted by Crippen LogP contribution is -2.36. The van der Waals surface area contributed by atoms with Gasteiger partial charge in [-0.15, -0.1) is 0 Å². The van der Waals surface area contributed by atoms with Crippen LogP contribution in [0.15, 0.2) is 18.2 Å². The average molecular weight is 251 g/mol. The number of nitrogens with zero attached hydrogens (tertiary/aromatic N) is 1. The highest BCUT2D eigenvalue weighted by atomic mass is 16.5. The molecule has 0 aliphatic rings. The Labute approximate surface area is 108 Å². The van der Waals surface area contributed by atoms with Gasteiger partial charge in [0.25, 0.3) is 0 Å². The Morgan fingerprint density at radius 3 is 2.67 bits per heavy atom. The lowest BCUT2D eigenvalue weighted by Gasteiger charge is -2.19. The van der Waals surface area contributed by atoms with Gasteiger partial charge in [0.1, 0.15) is 11.8 Å². The summed E-state index contributed by atoms with van der Waals surface area (Å²) in [5.41, 5.74) is 7.17. The fourth-order valence-electron chi connectivity index (χ4n) is 1.65. The van der Waals surface area contributed by atoms with E-state index in [0.717, 1.165) is 5.69 Å². The quantitative estimate of drug-likeness (QED) is 0.779. The number of amides is 1. The smallest absolute Gasteiger partial charge is 0.244 e. The second kappa shape index (κ2) is 6.14. The number of hydrogen-bond acceptors (Lipinski definition) is 4. The molecule has 0 saturated heterocycles. The minimum Gasteiger partial charge on any atom is -0.494 e. The predicted molar refractivity (Wildman–Crippen MR) is 73.8 cm³/mol. The van der Waals surface area contributed by atoms with Gasteiger partial charge >= 0.3 is 0 Å². The Balaban J connectivity index is 2.80. The monoisotopic (exact) mass is 251 g/mol. The van der Waals surface area contributed by atoms with Gasteiger partial charge in [-0.1, -0.05) is 0 Å². The predicted octanol–water partition coefficient (Wildman–Crippen LogP) is 1.56. The maximum absolute atomic E-state index is 11.7. The van der Waals surface area contributed by atoms with Crippen molar-refractivity contribution in [3.8, 4) is 5.75 Å². The number of rotatable bonds is 5. The number of carbonyl (C=O) groups is 1. The standard InChI is InChI=1S/C13H21N3O2/c1-5-18-12-7-10(14)6-11(8-12)15-9(2)13(17)16(3)4/h6-9,15H,5,14H2,1-4H3. The van der Waals surface area contributed by atoms with Crippen LogP contribution in [0.25, 0.3) is 0 Å². The zero-order valence-corrected chi connectivity index (χ0v) is 11.4. The van der Waals surface area contributed by atoms with Crippen LogP contribution in [-0.2, 0) is 4.79 Å². The minimum absolute atomic E-state index is 0.00962. The van der Waals surface area contributed by atoms with Crippen molar-refractivity contribution in [3.63, 3.8) is 0 Å². The maximum Gasteiger partial charge on any atom is 0.244 e. The molecule has 0 fully saturated rings. The van der Waals surface area contributed by atoms with E-state index in [1.807, 2.05) is 19.9 Å². The van der Waals surface area contributed by atoms with Crippen LogP contribution in [0.3, 0.4) is 0 Å². The molecule has 5 heteroatoms. The molecule has 1 unspecified atom stereocenters. The zero-order valence-electron chi connectivity index (χ0n) is 11.4. The molecule has 1 aromatic rings. The molecule has 100 valence electrons. The number of anilines is 2. The van der Waals surface area contributed by atoms with E-state index < -0.39 is 0 Å². The second-order valence-corrected chi connectivity index (χ2v) is 4.32. The first-order valence-electron chi connectivity index (χ1n) is 5.95. The number of likely N-dealkylation sites (N-methyl/N-ethyl adjacent to an activating group) is 1. The molecule has 0 spiro atoms. The average Bonchev–Trinajstić information content (AvgIpc) is 2.27. The first-order chi connectivity index (χ1) is 8.43. The number of ether oxygens (including phenoxy) is 1. The highest BCUT2D eigenvalue weighted by molar-refractivity contribution is 5.84. The zero-order chi connectivity index (χ0) is 13.7. The van der Waals surface area contributed by atoms with Crippen molar-refractivity contribution in [1.82, 2.24) is 4.90 Å². The molecule has 1 rings (SSSR count). The third-order valence-corrected chi connectivity index (χ3v) is 2.43. The van der Waals surface area contributed by atoms with Crippen LogP contribution in [-0.4, -0.2) is 37.6 Å². The van der Waals surface area contributed by atoms with Crippen LogP contribution in [0, 0.1) is 0 Å². The molecular formula is C13H21N3O2. The molecule has 5 nitrogen and oxygen atoms in total. The van der Waals surface area contributed by atoms with Gasteiger partial charge < -0.3 is 20.7 Å². The van der Waals surface area contributed by atoms with E-state index >= 15 is 0 Å². The largest absolute Gasteiger partial charge is 0.494 e.